The van der Waals surface area contributed by atoms with Gasteiger partial charge in [0.15, 0.2) is 0 Å². The van der Waals surface area contributed by atoms with Crippen molar-refractivity contribution >= 4 is 60.0 Å². The zero-order chi connectivity index (χ0) is 47.9. The maximum absolute atomic E-state index is 2.90. The van der Waals surface area contributed by atoms with Gasteiger partial charge in [-0.3, -0.25) is 0 Å². The first kappa shape index (κ1) is 45.0. The minimum Gasteiger partial charge on any atom is -0.335 e. The van der Waals surface area contributed by atoms with Gasteiger partial charge in [-0.1, -0.05) is 204 Å². The molecular weight excluding hydrogens is 865 g/mol. The van der Waals surface area contributed by atoms with E-state index >= 15 is 0 Å². The Morgan fingerprint density at radius 2 is 0.899 bits per heavy atom. The lowest BCUT2D eigenvalue weighted by molar-refractivity contribution is 0.0863. The van der Waals surface area contributed by atoms with Gasteiger partial charge in [-0.15, -0.1) is 0 Å². The molecule has 0 bridgehead atoms. The Hall–Kier alpha value is -5.17. The Labute approximate surface area is 416 Å². The van der Waals surface area contributed by atoms with E-state index in [2.05, 4.69) is 222 Å². The molecule has 4 heteroatoms. The van der Waals surface area contributed by atoms with Crippen LogP contribution in [-0.4, -0.2) is 27.2 Å². The van der Waals surface area contributed by atoms with Crippen LogP contribution in [0, 0.1) is 10.8 Å². The molecule has 0 spiro atoms. The average molecular weight is 939 g/mol. The van der Waals surface area contributed by atoms with E-state index in [9.17, 15) is 0 Å². The van der Waals surface area contributed by atoms with Crippen LogP contribution in [0.1, 0.15) is 112 Å². The second-order valence-electron chi connectivity index (χ2n) is 25.4. The van der Waals surface area contributed by atoms with Crippen LogP contribution in [0.5, 0.6) is 0 Å². The molecule has 2 fully saturated rings. The Bertz CT molecular complexity index is 3140. The van der Waals surface area contributed by atoms with E-state index in [1.54, 1.807) is 10.4 Å². The van der Waals surface area contributed by atoms with Gasteiger partial charge in [0.05, 0.1) is 21.6 Å². The Kier molecular flexibility index (Phi) is 10.1. The van der Waals surface area contributed by atoms with Gasteiger partial charge in [-0.25, -0.2) is 0 Å². The molecule has 5 aliphatic rings. The third-order valence-electron chi connectivity index (χ3n) is 19.4. The fourth-order valence-electron chi connectivity index (χ4n) is 15.1. The van der Waals surface area contributed by atoms with Gasteiger partial charge in [-0.2, -0.15) is 0 Å². The van der Waals surface area contributed by atoms with Crippen molar-refractivity contribution in [3.63, 3.8) is 0 Å². The summed E-state index contributed by atoms with van der Waals surface area (Å²) in [6.07, 6.45) is 12.3. The van der Waals surface area contributed by atoms with Gasteiger partial charge in [0.2, 0.25) is 0 Å². The summed E-state index contributed by atoms with van der Waals surface area (Å²) in [7, 11) is -3.09. The van der Waals surface area contributed by atoms with Gasteiger partial charge in [0.1, 0.15) is 0 Å². The molecule has 4 unspecified atom stereocenters. The molecule has 0 radical (unpaired) electrons. The molecule has 0 N–H and O–H groups in total. The summed E-state index contributed by atoms with van der Waals surface area (Å²) < 4.78 is 0. The second kappa shape index (κ2) is 15.4. The van der Waals surface area contributed by atoms with Crippen LogP contribution in [0.4, 0.5) is 22.7 Å². The van der Waals surface area contributed by atoms with Crippen molar-refractivity contribution in [3.05, 3.63) is 179 Å². The average Bonchev–Trinajstić information content (AvgIpc) is 3.62. The molecule has 4 atom stereocenters. The second-order valence-corrected chi connectivity index (χ2v) is 35.5. The fourth-order valence-corrected chi connectivity index (χ4v) is 17.5. The first-order valence-electron chi connectivity index (χ1n) is 26.6. The Morgan fingerprint density at radius 3 is 1.43 bits per heavy atom. The lowest BCUT2D eigenvalue weighted by atomic mass is 9.57. The molecule has 2 nitrogen and oxygen atoms in total. The molecule has 0 saturated heterocycles. The predicted octanol–water partition coefficient (Wildman–Crippen LogP) is 16.4. The smallest absolute Gasteiger partial charge is 0.0776 e. The topological polar surface area (TPSA) is 6.48 Å². The van der Waals surface area contributed by atoms with Crippen LogP contribution in [0.15, 0.2) is 146 Å². The molecule has 12 rings (SSSR count). The quantitative estimate of drug-likeness (QED) is 0.153. The third-order valence-corrected chi connectivity index (χ3v) is 23.5. The molecule has 7 aromatic rings. The summed E-state index contributed by atoms with van der Waals surface area (Å²) in [4.78, 5) is 5.76. The standard InChI is InChI=1S/C65H74N2Si2/c1-61-35-19-21-37-63(61,3)66(57-33-30-50(68(5,6)7)39-45(57)43-61)49-29-32-54-55(41-49)65(47-23-13-11-14-24-47,48-25-15-12-16-26-48)56-42-59(52-27-17-18-28-53(52)60(54)56)67-58-34-31-51(69(8,9)10)40-46(58)44-62(2)36-20-22-38-64(62,67)4/h11-18,23-34,39-42H,19-22,35-38,43-44H2,1-10H3. The first-order chi connectivity index (χ1) is 32.9. The number of fused-ring (bicyclic) bond motifs is 9. The highest BCUT2D eigenvalue weighted by Gasteiger charge is 2.57. The third kappa shape index (κ3) is 6.39. The maximum atomic E-state index is 2.90. The van der Waals surface area contributed by atoms with Crippen LogP contribution >= 0.6 is 0 Å². The van der Waals surface area contributed by atoms with Crippen LogP contribution in [0.2, 0.25) is 39.3 Å². The molecule has 3 aliphatic carbocycles. The van der Waals surface area contributed by atoms with Gasteiger partial charge in [0, 0.05) is 39.2 Å². The van der Waals surface area contributed by atoms with E-state index in [1.807, 2.05) is 0 Å². The van der Waals surface area contributed by atoms with Crippen LogP contribution in [0.25, 0.3) is 21.9 Å². The summed E-state index contributed by atoms with van der Waals surface area (Å²) in [5, 5.41) is 5.84. The number of anilines is 4. The summed E-state index contributed by atoms with van der Waals surface area (Å²) >= 11 is 0. The lowest BCUT2D eigenvalue weighted by Crippen LogP contribution is -2.61. The normalized spacial score (nSPS) is 25.8. The number of rotatable bonds is 6. The number of nitrogens with zero attached hydrogens (tertiary/aromatic N) is 2. The van der Waals surface area contributed by atoms with Crippen molar-refractivity contribution in [2.75, 3.05) is 9.80 Å². The largest absolute Gasteiger partial charge is 0.335 e. The highest BCUT2D eigenvalue weighted by atomic mass is 28.3. The van der Waals surface area contributed by atoms with E-state index in [0.717, 1.165) is 12.8 Å². The summed E-state index contributed by atoms with van der Waals surface area (Å²) in [5.41, 5.74) is 16.4. The molecule has 2 saturated carbocycles. The summed E-state index contributed by atoms with van der Waals surface area (Å²) in [6.45, 7) is 25.6. The molecule has 0 aromatic heterocycles. The van der Waals surface area contributed by atoms with Crippen LogP contribution in [0.3, 0.4) is 0 Å². The Balaban J connectivity index is 1.17. The first-order valence-corrected chi connectivity index (χ1v) is 33.6. The van der Waals surface area contributed by atoms with E-state index in [4.69, 9.17) is 0 Å². The molecule has 7 aromatic carbocycles. The van der Waals surface area contributed by atoms with Crippen molar-refractivity contribution in [2.24, 2.45) is 10.8 Å². The summed E-state index contributed by atoms with van der Waals surface area (Å²) in [5.74, 6) is 0. The van der Waals surface area contributed by atoms with E-state index in [0.29, 0.717) is 0 Å². The van der Waals surface area contributed by atoms with Gasteiger partial charge in [-0.05, 0) is 143 Å². The van der Waals surface area contributed by atoms with Gasteiger partial charge >= 0.3 is 0 Å². The maximum Gasteiger partial charge on any atom is 0.0776 e. The zero-order valence-corrected chi connectivity index (χ0v) is 45.3. The van der Waals surface area contributed by atoms with Gasteiger partial charge in [0.25, 0.3) is 0 Å². The Morgan fingerprint density at radius 1 is 0.420 bits per heavy atom. The molecule has 2 heterocycles. The molecule has 2 aliphatic heterocycles. The molecule has 352 valence electrons. The molecular formula is C65H74N2Si2. The predicted molar refractivity (Wildman–Crippen MR) is 302 cm³/mol. The number of benzene rings is 7. The van der Waals surface area contributed by atoms with E-state index in [-0.39, 0.29) is 21.9 Å². The number of hydrogen-bond donors (Lipinski definition) is 0. The monoisotopic (exact) mass is 939 g/mol. The van der Waals surface area contributed by atoms with Crippen LogP contribution < -0.4 is 20.2 Å². The molecule has 69 heavy (non-hydrogen) atoms. The lowest BCUT2D eigenvalue weighted by Gasteiger charge is -2.60. The van der Waals surface area contributed by atoms with Gasteiger partial charge < -0.3 is 9.80 Å². The van der Waals surface area contributed by atoms with Crippen LogP contribution in [-0.2, 0) is 18.3 Å². The minimum absolute atomic E-state index is 0.0280. The van der Waals surface area contributed by atoms with E-state index < -0.39 is 21.6 Å². The minimum atomic E-state index is -1.55. The highest BCUT2D eigenvalue weighted by molar-refractivity contribution is 6.89. The van der Waals surface area contributed by atoms with E-state index in [1.165, 1.54) is 129 Å². The number of hydrogen-bond acceptors (Lipinski definition) is 2. The van der Waals surface area contributed by atoms with Crippen molar-refractivity contribution in [3.8, 4) is 11.1 Å². The fraction of sp³-hybridized carbons (Fsp3) is 0.385. The van der Waals surface area contributed by atoms with Crippen molar-refractivity contribution < 1.29 is 0 Å². The van der Waals surface area contributed by atoms with Crippen molar-refractivity contribution in [1.29, 1.82) is 0 Å². The SMILES string of the molecule is CC12CCCCC1(C)N(c1ccc3c(c1)C(c1ccccc1)(c1ccccc1)c1cc(N4c5ccc([Si](C)(C)C)cc5CC5(C)CCCCC45C)c4ccccc4c1-3)c1ccc([Si](C)(C)C)cc1C2. The highest BCUT2D eigenvalue weighted by Crippen LogP contribution is 2.64. The zero-order valence-electron chi connectivity index (χ0n) is 43.3. The van der Waals surface area contributed by atoms with Crippen molar-refractivity contribution in [2.45, 2.75) is 148 Å². The van der Waals surface area contributed by atoms with Crippen molar-refractivity contribution in [1.82, 2.24) is 0 Å². The molecule has 0 amide bonds. The summed E-state index contributed by atoms with van der Waals surface area (Å²) in [6, 6.07) is 58.5.